The van der Waals surface area contributed by atoms with Gasteiger partial charge in [0, 0.05) is 6.54 Å². The van der Waals surface area contributed by atoms with Gasteiger partial charge in [-0.3, -0.25) is 0 Å². The number of halogens is 2. The molecule has 0 spiro atoms. The Balaban J connectivity index is 2.13. The monoisotopic (exact) mass is 351 g/mol. The van der Waals surface area contributed by atoms with E-state index in [1.54, 1.807) is 12.1 Å². The fourth-order valence-electron chi connectivity index (χ4n) is 2.04. The number of benzene rings is 2. The van der Waals surface area contributed by atoms with E-state index in [0.717, 1.165) is 12.0 Å². The van der Waals surface area contributed by atoms with E-state index in [2.05, 4.69) is 22.9 Å². The Morgan fingerprint density at radius 3 is 2.48 bits per heavy atom. The van der Waals surface area contributed by atoms with Gasteiger partial charge in [-0.25, -0.2) is 4.39 Å². The molecule has 4 heteroatoms. The molecule has 0 unspecified atom stereocenters. The number of hydrogen-bond acceptors (Lipinski definition) is 2. The number of unbranched alkanes of at least 4 members (excludes halogenated alkanes) is 1. The van der Waals surface area contributed by atoms with Crippen LogP contribution < -0.4 is 10.5 Å². The predicted octanol–water partition coefficient (Wildman–Crippen LogP) is 5.18. The molecule has 0 atom stereocenters. The highest BCUT2D eigenvalue weighted by molar-refractivity contribution is 9.10. The summed E-state index contributed by atoms with van der Waals surface area (Å²) in [4.78, 5) is 0. The van der Waals surface area contributed by atoms with Gasteiger partial charge >= 0.3 is 0 Å². The van der Waals surface area contributed by atoms with Crippen LogP contribution in [0.1, 0.15) is 30.9 Å². The highest BCUT2D eigenvalue weighted by Crippen LogP contribution is 2.31. The molecular formula is C17H19BrFNO. The maximum atomic E-state index is 14.2. The molecule has 0 aromatic heterocycles. The lowest BCUT2D eigenvalue weighted by molar-refractivity contribution is 0.439. The minimum Gasteiger partial charge on any atom is -0.454 e. The fraction of sp³-hybridized carbons (Fsp3) is 0.294. The Labute approximate surface area is 133 Å². The summed E-state index contributed by atoms with van der Waals surface area (Å²) in [5.41, 5.74) is 7.53. The quantitative estimate of drug-likeness (QED) is 0.777. The van der Waals surface area contributed by atoms with E-state index in [0.29, 0.717) is 10.2 Å². The van der Waals surface area contributed by atoms with Crippen LogP contribution in [0.25, 0.3) is 0 Å². The Bertz CT molecular complexity index is 598. The SMILES string of the molecule is CCCCc1ccc(Oc2ccc(CN)c(Br)c2F)cc1. The van der Waals surface area contributed by atoms with Crippen LogP contribution in [0.2, 0.25) is 0 Å². The van der Waals surface area contributed by atoms with Gasteiger partial charge in [0.2, 0.25) is 0 Å². The van der Waals surface area contributed by atoms with Gasteiger partial charge in [0.25, 0.3) is 0 Å². The smallest absolute Gasteiger partial charge is 0.180 e. The largest absolute Gasteiger partial charge is 0.454 e. The minimum absolute atomic E-state index is 0.195. The molecule has 0 amide bonds. The van der Waals surface area contributed by atoms with Crippen molar-refractivity contribution in [3.8, 4) is 11.5 Å². The molecule has 2 aromatic carbocycles. The highest BCUT2D eigenvalue weighted by atomic mass is 79.9. The zero-order valence-corrected chi connectivity index (χ0v) is 13.6. The first-order chi connectivity index (χ1) is 10.2. The molecule has 0 saturated heterocycles. The first kappa shape index (κ1) is 16.0. The molecule has 2 N–H and O–H groups in total. The van der Waals surface area contributed by atoms with Gasteiger partial charge in [0.15, 0.2) is 11.6 Å². The first-order valence-corrected chi connectivity index (χ1v) is 7.88. The molecule has 0 bridgehead atoms. The first-order valence-electron chi connectivity index (χ1n) is 7.09. The lowest BCUT2D eigenvalue weighted by atomic mass is 10.1. The second kappa shape index (κ2) is 7.57. The summed E-state index contributed by atoms with van der Waals surface area (Å²) < 4.78 is 20.1. The number of aryl methyl sites for hydroxylation is 1. The lowest BCUT2D eigenvalue weighted by Gasteiger charge is -2.10. The third kappa shape index (κ3) is 4.05. The van der Waals surface area contributed by atoms with E-state index >= 15 is 0 Å². The van der Waals surface area contributed by atoms with Crippen LogP contribution >= 0.6 is 15.9 Å². The zero-order chi connectivity index (χ0) is 15.2. The van der Waals surface area contributed by atoms with Crippen LogP contribution in [-0.4, -0.2) is 0 Å². The van der Waals surface area contributed by atoms with Crippen LogP contribution in [-0.2, 0) is 13.0 Å². The van der Waals surface area contributed by atoms with E-state index < -0.39 is 5.82 Å². The molecule has 0 fully saturated rings. The molecule has 112 valence electrons. The molecule has 0 saturated carbocycles. The third-order valence-electron chi connectivity index (χ3n) is 3.32. The molecule has 0 radical (unpaired) electrons. The maximum Gasteiger partial charge on any atom is 0.180 e. The highest BCUT2D eigenvalue weighted by Gasteiger charge is 2.12. The van der Waals surface area contributed by atoms with E-state index in [9.17, 15) is 4.39 Å². The van der Waals surface area contributed by atoms with Crippen molar-refractivity contribution in [2.45, 2.75) is 32.7 Å². The number of nitrogens with two attached hydrogens (primary N) is 1. The Kier molecular flexibility index (Phi) is 5.76. The van der Waals surface area contributed by atoms with Crippen LogP contribution in [0, 0.1) is 5.82 Å². The Morgan fingerprint density at radius 1 is 1.14 bits per heavy atom. The number of ether oxygens (including phenoxy) is 1. The van der Waals surface area contributed by atoms with Crippen molar-refractivity contribution >= 4 is 15.9 Å². The molecule has 2 aromatic rings. The topological polar surface area (TPSA) is 35.2 Å². The van der Waals surface area contributed by atoms with Crippen molar-refractivity contribution in [1.82, 2.24) is 0 Å². The summed E-state index contributed by atoms with van der Waals surface area (Å²) >= 11 is 3.21. The molecular weight excluding hydrogens is 333 g/mol. The lowest BCUT2D eigenvalue weighted by Crippen LogP contribution is -2.00. The minimum atomic E-state index is -0.423. The summed E-state index contributed by atoms with van der Waals surface area (Å²) in [6.45, 7) is 2.45. The Morgan fingerprint density at radius 2 is 1.86 bits per heavy atom. The van der Waals surface area contributed by atoms with Gasteiger partial charge in [-0.2, -0.15) is 0 Å². The predicted molar refractivity (Wildman–Crippen MR) is 87.1 cm³/mol. The maximum absolute atomic E-state index is 14.2. The van der Waals surface area contributed by atoms with E-state index in [1.165, 1.54) is 18.4 Å². The van der Waals surface area contributed by atoms with Crippen molar-refractivity contribution in [3.05, 3.63) is 57.8 Å². The van der Waals surface area contributed by atoms with Crippen molar-refractivity contribution in [3.63, 3.8) is 0 Å². The third-order valence-corrected chi connectivity index (χ3v) is 4.17. The summed E-state index contributed by atoms with van der Waals surface area (Å²) in [6.07, 6.45) is 3.40. The van der Waals surface area contributed by atoms with E-state index in [4.69, 9.17) is 10.5 Å². The fourth-order valence-corrected chi connectivity index (χ4v) is 2.53. The molecule has 21 heavy (non-hydrogen) atoms. The van der Waals surface area contributed by atoms with Gasteiger partial charge in [-0.15, -0.1) is 0 Å². The van der Waals surface area contributed by atoms with Gasteiger partial charge in [-0.1, -0.05) is 31.5 Å². The number of rotatable bonds is 6. The standard InChI is InChI=1S/C17H19BrFNO/c1-2-3-4-12-5-8-14(9-6-12)21-15-10-7-13(11-20)16(18)17(15)19/h5-10H,2-4,11,20H2,1H3. The van der Waals surface area contributed by atoms with Gasteiger partial charge < -0.3 is 10.5 Å². The van der Waals surface area contributed by atoms with Crippen LogP contribution in [0.3, 0.4) is 0 Å². The van der Waals surface area contributed by atoms with Crippen molar-refractivity contribution < 1.29 is 9.13 Å². The summed E-state index contributed by atoms with van der Waals surface area (Å²) in [5.74, 6) is 0.398. The molecule has 2 nitrogen and oxygen atoms in total. The molecule has 0 aliphatic heterocycles. The summed E-state index contributed by atoms with van der Waals surface area (Å²) in [5, 5.41) is 0. The van der Waals surface area contributed by atoms with Crippen molar-refractivity contribution in [2.75, 3.05) is 0 Å². The van der Waals surface area contributed by atoms with Crippen molar-refractivity contribution in [1.29, 1.82) is 0 Å². The zero-order valence-electron chi connectivity index (χ0n) is 12.0. The van der Waals surface area contributed by atoms with E-state index in [1.807, 2.05) is 24.3 Å². The average molecular weight is 352 g/mol. The Hall–Kier alpha value is -1.39. The van der Waals surface area contributed by atoms with Gasteiger partial charge in [0.05, 0.1) is 4.47 Å². The van der Waals surface area contributed by atoms with Crippen LogP contribution in [0.15, 0.2) is 40.9 Å². The van der Waals surface area contributed by atoms with Crippen LogP contribution in [0.4, 0.5) is 4.39 Å². The van der Waals surface area contributed by atoms with Gasteiger partial charge in [-0.05, 0) is 58.1 Å². The number of hydrogen-bond donors (Lipinski definition) is 1. The molecule has 2 rings (SSSR count). The normalized spacial score (nSPS) is 10.7. The second-order valence-electron chi connectivity index (χ2n) is 4.90. The second-order valence-corrected chi connectivity index (χ2v) is 5.70. The molecule has 0 heterocycles. The van der Waals surface area contributed by atoms with Crippen molar-refractivity contribution in [2.24, 2.45) is 5.73 Å². The summed E-state index contributed by atoms with van der Waals surface area (Å²) in [6, 6.07) is 11.1. The molecule has 0 aliphatic carbocycles. The molecule has 0 aliphatic rings. The van der Waals surface area contributed by atoms with E-state index in [-0.39, 0.29) is 12.3 Å². The summed E-state index contributed by atoms with van der Waals surface area (Å²) in [7, 11) is 0. The average Bonchev–Trinajstić information content (AvgIpc) is 2.51. The van der Waals surface area contributed by atoms with Crippen LogP contribution in [0.5, 0.6) is 11.5 Å². The van der Waals surface area contributed by atoms with Gasteiger partial charge in [0.1, 0.15) is 5.75 Å².